The molecule has 0 bridgehead atoms. The number of ether oxygens (including phenoxy) is 3. The van der Waals surface area contributed by atoms with Gasteiger partial charge in [-0.25, -0.2) is 0 Å². The molecule has 350 valence electrons. The smallest absolute Gasteiger partial charge is 0.306 e. The largest absolute Gasteiger partial charge is 0.462 e. The van der Waals surface area contributed by atoms with E-state index in [1.54, 1.807) is 0 Å². The lowest BCUT2D eigenvalue weighted by Gasteiger charge is -2.18. The van der Waals surface area contributed by atoms with Crippen molar-refractivity contribution in [3.8, 4) is 0 Å². The van der Waals surface area contributed by atoms with Gasteiger partial charge in [-0.2, -0.15) is 0 Å². The highest BCUT2D eigenvalue weighted by Gasteiger charge is 2.19. The van der Waals surface area contributed by atoms with Gasteiger partial charge in [-0.15, -0.1) is 0 Å². The van der Waals surface area contributed by atoms with E-state index in [2.05, 4.69) is 106 Å². The van der Waals surface area contributed by atoms with Crippen molar-refractivity contribution >= 4 is 17.9 Å². The molecule has 1 unspecified atom stereocenters. The van der Waals surface area contributed by atoms with E-state index >= 15 is 0 Å². The van der Waals surface area contributed by atoms with Crippen molar-refractivity contribution in [1.82, 2.24) is 0 Å². The molecule has 6 nitrogen and oxygen atoms in total. The molecule has 0 saturated carbocycles. The van der Waals surface area contributed by atoms with Gasteiger partial charge in [0.25, 0.3) is 0 Å². The summed E-state index contributed by atoms with van der Waals surface area (Å²) in [4.78, 5) is 37.9. The Morgan fingerprint density at radius 3 is 1.02 bits per heavy atom. The first-order chi connectivity index (χ1) is 30.5. The molecule has 0 N–H and O–H groups in total. The fourth-order valence-corrected chi connectivity index (χ4v) is 6.44. The van der Waals surface area contributed by atoms with Crippen LogP contribution in [0.4, 0.5) is 0 Å². The number of hydrogen-bond acceptors (Lipinski definition) is 6. The average Bonchev–Trinajstić information content (AvgIpc) is 3.27. The summed E-state index contributed by atoms with van der Waals surface area (Å²) in [6.45, 7) is 6.28. The maximum Gasteiger partial charge on any atom is 0.306 e. The predicted octanol–water partition coefficient (Wildman–Crippen LogP) is 16.4. The summed E-state index contributed by atoms with van der Waals surface area (Å²) in [7, 11) is 0. The summed E-state index contributed by atoms with van der Waals surface area (Å²) in [5, 5.41) is 0. The highest BCUT2D eigenvalue weighted by atomic mass is 16.6. The summed E-state index contributed by atoms with van der Waals surface area (Å²) in [5.41, 5.74) is 0. The van der Waals surface area contributed by atoms with Crippen LogP contribution in [0.15, 0.2) is 109 Å². The molecule has 0 saturated heterocycles. The highest BCUT2D eigenvalue weighted by Crippen LogP contribution is 2.13. The van der Waals surface area contributed by atoms with Crippen molar-refractivity contribution in [2.75, 3.05) is 13.2 Å². The number of esters is 3. The molecule has 0 aliphatic heterocycles. The quantitative estimate of drug-likeness (QED) is 0.0263. The zero-order chi connectivity index (χ0) is 45.1. The third-order valence-corrected chi connectivity index (χ3v) is 10.2. The number of hydrogen-bond donors (Lipinski definition) is 0. The average molecular weight is 859 g/mol. The first kappa shape index (κ1) is 58.1. The van der Waals surface area contributed by atoms with E-state index in [1.165, 1.54) is 44.9 Å². The lowest BCUT2D eigenvalue weighted by atomic mass is 10.1. The van der Waals surface area contributed by atoms with Gasteiger partial charge in [0.1, 0.15) is 13.2 Å². The van der Waals surface area contributed by atoms with Crippen LogP contribution in [-0.2, 0) is 28.6 Å². The number of rotatable bonds is 43. The molecule has 0 aromatic carbocycles. The van der Waals surface area contributed by atoms with Gasteiger partial charge >= 0.3 is 17.9 Å². The van der Waals surface area contributed by atoms with Crippen molar-refractivity contribution in [2.45, 2.75) is 213 Å². The summed E-state index contributed by atoms with van der Waals surface area (Å²) >= 11 is 0. The van der Waals surface area contributed by atoms with Crippen molar-refractivity contribution in [1.29, 1.82) is 0 Å². The van der Waals surface area contributed by atoms with E-state index in [-0.39, 0.29) is 37.5 Å². The second kappa shape index (κ2) is 49.7. The number of allylic oxidation sites excluding steroid dienone is 18. The third kappa shape index (κ3) is 47.1. The van der Waals surface area contributed by atoms with Crippen molar-refractivity contribution in [3.63, 3.8) is 0 Å². The number of unbranched alkanes of at least 4 members (excludes halogenated alkanes) is 20. The summed E-state index contributed by atoms with van der Waals surface area (Å²) in [5.74, 6) is -0.986. The van der Waals surface area contributed by atoms with Gasteiger partial charge in [-0.3, -0.25) is 14.4 Å². The molecule has 1 atom stereocenters. The molecule has 0 aliphatic carbocycles. The summed E-state index contributed by atoms with van der Waals surface area (Å²) in [6.07, 6.45) is 66.4. The van der Waals surface area contributed by atoms with Gasteiger partial charge < -0.3 is 14.2 Å². The minimum Gasteiger partial charge on any atom is -0.462 e. The molecule has 0 aromatic heterocycles. The SMILES string of the molecule is CC\C=C/C=C\C=C/C=C\CCCCCCCC(=O)OC(COC(=O)CCCCC/C=C\C=C/CCCCCCCCC)COC(=O)CCCCCCC\C=C/C=C\C=C/CC. The molecule has 0 aromatic rings. The third-order valence-electron chi connectivity index (χ3n) is 10.2. The Morgan fingerprint density at radius 1 is 0.339 bits per heavy atom. The number of carbonyl (C=O) groups is 3. The molecule has 0 heterocycles. The molecular weight excluding hydrogens is 769 g/mol. The van der Waals surface area contributed by atoms with Crippen LogP contribution >= 0.6 is 0 Å². The van der Waals surface area contributed by atoms with Crippen LogP contribution in [0, 0.1) is 0 Å². The zero-order valence-corrected chi connectivity index (χ0v) is 39.8. The van der Waals surface area contributed by atoms with Gasteiger partial charge in [0.05, 0.1) is 0 Å². The van der Waals surface area contributed by atoms with E-state index in [0.29, 0.717) is 12.8 Å². The van der Waals surface area contributed by atoms with Crippen LogP contribution in [0.5, 0.6) is 0 Å². The minimum absolute atomic E-state index is 0.110. The molecule has 0 aliphatic rings. The van der Waals surface area contributed by atoms with Crippen LogP contribution in [0.1, 0.15) is 207 Å². The van der Waals surface area contributed by atoms with Gasteiger partial charge in [0.15, 0.2) is 6.10 Å². The van der Waals surface area contributed by atoms with E-state index in [0.717, 1.165) is 122 Å². The molecule has 0 fully saturated rings. The van der Waals surface area contributed by atoms with Crippen molar-refractivity contribution < 1.29 is 28.6 Å². The topological polar surface area (TPSA) is 78.9 Å². The van der Waals surface area contributed by atoms with Gasteiger partial charge in [0, 0.05) is 19.3 Å². The maximum absolute atomic E-state index is 12.8. The predicted molar refractivity (Wildman–Crippen MR) is 265 cm³/mol. The molecular formula is C56H90O6. The molecule has 0 amide bonds. The Labute approximate surface area is 380 Å². The normalized spacial score (nSPS) is 13.0. The summed E-state index contributed by atoms with van der Waals surface area (Å²) < 4.78 is 16.7. The first-order valence-electron chi connectivity index (χ1n) is 25.0. The maximum atomic E-state index is 12.8. The molecule has 62 heavy (non-hydrogen) atoms. The fourth-order valence-electron chi connectivity index (χ4n) is 6.44. The van der Waals surface area contributed by atoms with Crippen molar-refractivity contribution in [3.05, 3.63) is 109 Å². The van der Waals surface area contributed by atoms with Gasteiger partial charge in [-0.1, -0.05) is 214 Å². The fraction of sp³-hybridized carbons (Fsp3) is 0.625. The van der Waals surface area contributed by atoms with Crippen LogP contribution < -0.4 is 0 Å². The minimum atomic E-state index is -0.811. The molecule has 0 spiro atoms. The Morgan fingerprint density at radius 2 is 0.629 bits per heavy atom. The Hall–Kier alpha value is -3.93. The Balaban J connectivity index is 4.52. The summed E-state index contributed by atoms with van der Waals surface area (Å²) in [6, 6.07) is 0. The monoisotopic (exact) mass is 859 g/mol. The number of carbonyl (C=O) groups excluding carboxylic acids is 3. The van der Waals surface area contributed by atoms with E-state index in [4.69, 9.17) is 14.2 Å². The van der Waals surface area contributed by atoms with Crippen LogP contribution in [0.25, 0.3) is 0 Å². The molecule has 0 radical (unpaired) electrons. The molecule has 6 heteroatoms. The lowest BCUT2D eigenvalue weighted by molar-refractivity contribution is -0.167. The van der Waals surface area contributed by atoms with Crippen LogP contribution in [0.2, 0.25) is 0 Å². The Bertz CT molecular complexity index is 1310. The zero-order valence-electron chi connectivity index (χ0n) is 39.8. The second-order valence-electron chi connectivity index (χ2n) is 16.1. The van der Waals surface area contributed by atoms with E-state index < -0.39 is 6.10 Å². The first-order valence-corrected chi connectivity index (χ1v) is 25.0. The second-order valence-corrected chi connectivity index (χ2v) is 16.1. The van der Waals surface area contributed by atoms with Crippen molar-refractivity contribution in [2.24, 2.45) is 0 Å². The van der Waals surface area contributed by atoms with Gasteiger partial charge in [0.2, 0.25) is 0 Å². The molecule has 0 rings (SSSR count). The van der Waals surface area contributed by atoms with Crippen LogP contribution in [0.3, 0.4) is 0 Å². The van der Waals surface area contributed by atoms with E-state index in [9.17, 15) is 14.4 Å². The standard InChI is InChI=1S/C56H90O6/c1-4-7-10-13-16-19-22-25-27-29-31-34-37-40-43-46-49-55(58)61-52-53(51-60-54(57)48-45-42-39-36-33-30-24-21-18-15-12-9-6-3)62-56(59)50-47-44-41-38-35-32-28-26-23-20-17-14-11-8-5-2/h8-9,11-12,14-15,17-18,20-21,23-24,26-29,31,34,53H,4-7,10,13,16,19,22,25,30,32-33,35-52H2,1-3H3/b11-8-,12-9-,17-14-,18-15-,23-20-,24-21-,28-26-,29-27-,34-31-. The lowest BCUT2D eigenvalue weighted by Crippen LogP contribution is -2.30. The highest BCUT2D eigenvalue weighted by molar-refractivity contribution is 5.71. The van der Waals surface area contributed by atoms with E-state index in [1.807, 2.05) is 24.3 Å². The van der Waals surface area contributed by atoms with Crippen LogP contribution in [-0.4, -0.2) is 37.2 Å². The Kier molecular flexibility index (Phi) is 46.6. The van der Waals surface area contributed by atoms with Gasteiger partial charge in [-0.05, 0) is 83.5 Å².